The number of nitrogens with zero attached hydrogens (tertiary/aromatic N) is 1. The zero-order valence-electron chi connectivity index (χ0n) is 11.8. The van der Waals surface area contributed by atoms with Crippen LogP contribution in [0.4, 0.5) is 0 Å². The van der Waals surface area contributed by atoms with E-state index in [4.69, 9.17) is 0 Å². The summed E-state index contributed by atoms with van der Waals surface area (Å²) in [6.07, 6.45) is 3.20. The predicted molar refractivity (Wildman–Crippen MR) is 76.5 cm³/mol. The summed E-state index contributed by atoms with van der Waals surface area (Å²) in [6, 6.07) is 9.01. The van der Waals surface area contributed by atoms with E-state index in [0.717, 1.165) is 32.4 Å². The second kappa shape index (κ2) is 6.07. The van der Waals surface area contributed by atoms with Crippen molar-refractivity contribution < 1.29 is 14.7 Å². The molecule has 108 valence electrons. The topological polar surface area (TPSA) is 57.6 Å². The van der Waals surface area contributed by atoms with Crippen LogP contribution in [-0.4, -0.2) is 35.0 Å². The standard InChI is InChI=1S/C16H21NO3/c1-16(15(19)20,13-8-4-2-5-9-13)12-14(18)17-10-6-3-7-11-17/h2,4-5,8-9H,3,6-7,10-12H2,1H3,(H,19,20). The minimum absolute atomic E-state index is 0.0202. The third-order valence-corrected chi connectivity index (χ3v) is 4.10. The molecule has 1 aromatic rings. The van der Waals surface area contributed by atoms with Gasteiger partial charge in [0.25, 0.3) is 0 Å². The molecule has 0 saturated carbocycles. The zero-order valence-corrected chi connectivity index (χ0v) is 11.8. The van der Waals surface area contributed by atoms with Crippen molar-refractivity contribution in [3.8, 4) is 0 Å². The minimum atomic E-state index is -1.16. The highest BCUT2D eigenvalue weighted by atomic mass is 16.4. The number of amides is 1. The van der Waals surface area contributed by atoms with Gasteiger partial charge in [0.2, 0.25) is 5.91 Å². The molecule has 0 bridgehead atoms. The largest absolute Gasteiger partial charge is 0.481 e. The first-order chi connectivity index (χ1) is 9.54. The number of carboxylic acid groups (broad SMARTS) is 1. The Bertz CT molecular complexity index is 480. The monoisotopic (exact) mass is 275 g/mol. The molecule has 0 aromatic heterocycles. The quantitative estimate of drug-likeness (QED) is 0.918. The van der Waals surface area contributed by atoms with Crippen molar-refractivity contribution in [2.75, 3.05) is 13.1 Å². The summed E-state index contributed by atoms with van der Waals surface area (Å²) in [5.74, 6) is -1.01. The van der Waals surface area contributed by atoms with E-state index >= 15 is 0 Å². The summed E-state index contributed by atoms with van der Waals surface area (Å²) in [6.45, 7) is 3.14. The maximum absolute atomic E-state index is 12.4. The van der Waals surface area contributed by atoms with Gasteiger partial charge >= 0.3 is 5.97 Å². The summed E-state index contributed by atoms with van der Waals surface area (Å²) in [5.41, 5.74) is -0.478. The van der Waals surface area contributed by atoms with Crippen molar-refractivity contribution in [3.05, 3.63) is 35.9 Å². The summed E-state index contributed by atoms with van der Waals surface area (Å²) in [7, 11) is 0. The Hall–Kier alpha value is -1.84. The smallest absolute Gasteiger partial charge is 0.314 e. The van der Waals surface area contributed by atoms with Gasteiger partial charge in [-0.3, -0.25) is 9.59 Å². The van der Waals surface area contributed by atoms with Crippen LogP contribution in [0.3, 0.4) is 0 Å². The second-order valence-electron chi connectivity index (χ2n) is 5.62. The van der Waals surface area contributed by atoms with Gasteiger partial charge in [0.05, 0.1) is 5.41 Å². The molecule has 1 aliphatic rings. The highest BCUT2D eigenvalue weighted by Gasteiger charge is 2.38. The molecule has 1 aliphatic heterocycles. The second-order valence-corrected chi connectivity index (χ2v) is 5.62. The lowest BCUT2D eigenvalue weighted by Gasteiger charge is -2.31. The minimum Gasteiger partial charge on any atom is -0.481 e. The number of carbonyl (C=O) groups excluding carboxylic acids is 1. The van der Waals surface area contributed by atoms with Gasteiger partial charge in [-0.1, -0.05) is 30.3 Å². The molecule has 20 heavy (non-hydrogen) atoms. The van der Waals surface area contributed by atoms with Crippen molar-refractivity contribution in [2.45, 2.75) is 38.0 Å². The molecule has 1 saturated heterocycles. The van der Waals surface area contributed by atoms with Crippen LogP contribution in [0.15, 0.2) is 30.3 Å². The van der Waals surface area contributed by atoms with Crippen LogP contribution in [0.1, 0.15) is 38.2 Å². The fourth-order valence-corrected chi connectivity index (χ4v) is 2.66. The molecule has 1 amide bonds. The van der Waals surface area contributed by atoms with Gasteiger partial charge in [-0.2, -0.15) is 0 Å². The number of benzene rings is 1. The molecule has 0 radical (unpaired) electrons. The number of rotatable bonds is 4. The first-order valence-electron chi connectivity index (χ1n) is 7.11. The van der Waals surface area contributed by atoms with Gasteiger partial charge in [0.15, 0.2) is 0 Å². The maximum Gasteiger partial charge on any atom is 0.314 e. The number of carboxylic acids is 1. The third kappa shape index (κ3) is 3.00. The fraction of sp³-hybridized carbons (Fsp3) is 0.500. The van der Waals surface area contributed by atoms with Crippen LogP contribution < -0.4 is 0 Å². The molecule has 1 N–H and O–H groups in total. The van der Waals surface area contributed by atoms with E-state index in [1.807, 2.05) is 18.2 Å². The SMILES string of the molecule is CC(CC(=O)N1CCCCC1)(C(=O)O)c1ccccc1. The molecule has 0 spiro atoms. The van der Waals surface area contributed by atoms with E-state index in [2.05, 4.69) is 0 Å². The average Bonchev–Trinajstić information content (AvgIpc) is 2.48. The molecular formula is C16H21NO3. The van der Waals surface area contributed by atoms with Crippen molar-refractivity contribution in [2.24, 2.45) is 0 Å². The van der Waals surface area contributed by atoms with Crippen molar-refractivity contribution in [3.63, 3.8) is 0 Å². The normalized spacial score (nSPS) is 18.4. The summed E-state index contributed by atoms with van der Waals surface area (Å²) in [4.78, 5) is 25.8. The molecule has 4 heteroatoms. The number of hydrogen-bond donors (Lipinski definition) is 1. The molecular weight excluding hydrogens is 254 g/mol. The van der Waals surface area contributed by atoms with Gasteiger partial charge < -0.3 is 10.0 Å². The number of carbonyl (C=O) groups is 2. The maximum atomic E-state index is 12.4. The van der Waals surface area contributed by atoms with Crippen LogP contribution in [0.5, 0.6) is 0 Å². The highest BCUT2D eigenvalue weighted by molar-refractivity contribution is 5.89. The summed E-state index contributed by atoms with van der Waals surface area (Å²) in [5, 5.41) is 9.56. The van der Waals surface area contributed by atoms with Crippen LogP contribution in [0.2, 0.25) is 0 Å². The first-order valence-corrected chi connectivity index (χ1v) is 7.11. The van der Waals surface area contributed by atoms with Crippen molar-refractivity contribution in [1.82, 2.24) is 4.90 Å². The van der Waals surface area contributed by atoms with Crippen LogP contribution in [0.25, 0.3) is 0 Å². The zero-order chi connectivity index (χ0) is 14.6. The van der Waals surface area contributed by atoms with E-state index in [-0.39, 0.29) is 12.3 Å². The lowest BCUT2D eigenvalue weighted by atomic mass is 9.79. The van der Waals surface area contributed by atoms with Gasteiger partial charge in [0, 0.05) is 19.5 Å². The van der Waals surface area contributed by atoms with Crippen molar-refractivity contribution in [1.29, 1.82) is 0 Å². The number of hydrogen-bond acceptors (Lipinski definition) is 2. The predicted octanol–water partition coefficient (Wildman–Crippen LogP) is 2.43. The molecule has 4 nitrogen and oxygen atoms in total. The molecule has 0 aliphatic carbocycles. The van der Waals surface area contributed by atoms with Crippen LogP contribution in [-0.2, 0) is 15.0 Å². The molecule has 1 aromatic carbocycles. The Balaban J connectivity index is 2.17. The molecule has 1 fully saturated rings. The first kappa shape index (κ1) is 14.6. The van der Waals surface area contributed by atoms with Crippen LogP contribution in [0, 0.1) is 0 Å². The third-order valence-electron chi connectivity index (χ3n) is 4.10. The summed E-state index contributed by atoms with van der Waals surface area (Å²) < 4.78 is 0. The van der Waals surface area contributed by atoms with Crippen molar-refractivity contribution >= 4 is 11.9 Å². The molecule has 1 atom stereocenters. The molecule has 1 heterocycles. The molecule has 1 unspecified atom stereocenters. The summed E-state index contributed by atoms with van der Waals surface area (Å²) >= 11 is 0. The Morgan fingerprint density at radius 1 is 1.15 bits per heavy atom. The van der Waals surface area contributed by atoms with E-state index in [1.165, 1.54) is 0 Å². The lowest BCUT2D eigenvalue weighted by Crippen LogP contribution is -2.42. The van der Waals surface area contributed by atoms with Gasteiger partial charge in [-0.15, -0.1) is 0 Å². The Morgan fingerprint density at radius 3 is 2.30 bits per heavy atom. The van der Waals surface area contributed by atoms with E-state index < -0.39 is 11.4 Å². The van der Waals surface area contributed by atoms with Gasteiger partial charge in [-0.05, 0) is 31.7 Å². The van der Waals surface area contributed by atoms with E-state index in [1.54, 1.807) is 24.0 Å². The Morgan fingerprint density at radius 2 is 1.75 bits per heavy atom. The Labute approximate surface area is 119 Å². The van der Waals surface area contributed by atoms with Gasteiger partial charge in [0.1, 0.15) is 0 Å². The number of aliphatic carboxylic acids is 1. The average molecular weight is 275 g/mol. The Kier molecular flexibility index (Phi) is 4.42. The molecule has 2 rings (SSSR count). The lowest BCUT2D eigenvalue weighted by molar-refractivity contribution is -0.147. The van der Waals surface area contributed by atoms with Crippen LogP contribution >= 0.6 is 0 Å². The fourth-order valence-electron chi connectivity index (χ4n) is 2.66. The number of likely N-dealkylation sites (tertiary alicyclic amines) is 1. The highest BCUT2D eigenvalue weighted by Crippen LogP contribution is 2.29. The number of piperidine rings is 1. The van der Waals surface area contributed by atoms with E-state index in [9.17, 15) is 14.7 Å². The van der Waals surface area contributed by atoms with Gasteiger partial charge in [-0.25, -0.2) is 0 Å². The van der Waals surface area contributed by atoms with E-state index in [0.29, 0.717) is 5.56 Å².